The number of guanidine groups is 1. The highest BCUT2D eigenvalue weighted by atomic mass is 127. The van der Waals surface area contributed by atoms with Crippen molar-refractivity contribution in [2.45, 2.75) is 44.6 Å². The number of hydrogen-bond acceptors (Lipinski definition) is 3. The van der Waals surface area contributed by atoms with E-state index in [1.165, 1.54) is 19.3 Å². The van der Waals surface area contributed by atoms with Gasteiger partial charge in [-0.25, -0.2) is 0 Å². The van der Waals surface area contributed by atoms with Crippen molar-refractivity contribution >= 4 is 29.9 Å². The largest absolute Gasteiger partial charge is 0.381 e. The molecule has 0 amide bonds. The Kier molecular flexibility index (Phi) is 9.54. The average Bonchev–Trinajstić information content (AvgIpc) is 2.38. The fourth-order valence-electron chi connectivity index (χ4n) is 2.34. The first-order valence-corrected chi connectivity index (χ1v) is 7.58. The van der Waals surface area contributed by atoms with Gasteiger partial charge in [0.25, 0.3) is 0 Å². The number of hydrogen-bond donors (Lipinski definition) is 2. The van der Waals surface area contributed by atoms with E-state index in [2.05, 4.69) is 10.3 Å². The van der Waals surface area contributed by atoms with E-state index in [9.17, 15) is 0 Å². The van der Waals surface area contributed by atoms with Crippen molar-refractivity contribution in [2.24, 2.45) is 16.6 Å². The third kappa shape index (κ3) is 7.08. The molecule has 0 bridgehead atoms. The molecule has 0 radical (unpaired) electrons. The number of nitrogens with zero attached hydrogens (tertiary/aromatic N) is 1. The van der Waals surface area contributed by atoms with Crippen LogP contribution < -0.4 is 11.1 Å². The fourth-order valence-corrected chi connectivity index (χ4v) is 2.34. The molecule has 20 heavy (non-hydrogen) atoms. The molecule has 2 aliphatic rings. The molecule has 0 unspecified atom stereocenters. The molecule has 0 spiro atoms. The minimum Gasteiger partial charge on any atom is -0.381 e. The molecule has 1 saturated carbocycles. The highest BCUT2D eigenvalue weighted by molar-refractivity contribution is 14.0. The van der Waals surface area contributed by atoms with Gasteiger partial charge in [0.2, 0.25) is 0 Å². The molecule has 1 aliphatic carbocycles. The van der Waals surface area contributed by atoms with Crippen LogP contribution >= 0.6 is 24.0 Å². The van der Waals surface area contributed by atoms with Gasteiger partial charge in [-0.1, -0.05) is 6.42 Å². The van der Waals surface area contributed by atoms with E-state index >= 15 is 0 Å². The normalized spacial score (nSPS) is 21.1. The van der Waals surface area contributed by atoms with Crippen LogP contribution in [-0.2, 0) is 9.47 Å². The van der Waals surface area contributed by atoms with Crippen molar-refractivity contribution in [1.29, 1.82) is 0 Å². The monoisotopic (exact) mass is 397 g/mol. The number of nitrogens with two attached hydrogens (primary N) is 1. The lowest BCUT2D eigenvalue weighted by atomic mass is 9.86. The first-order chi connectivity index (χ1) is 9.34. The van der Waals surface area contributed by atoms with Crippen molar-refractivity contribution in [3.63, 3.8) is 0 Å². The van der Waals surface area contributed by atoms with Crippen LogP contribution in [0.1, 0.15) is 38.5 Å². The summed E-state index contributed by atoms with van der Waals surface area (Å²) < 4.78 is 11.1. The molecule has 0 aromatic rings. The Balaban J connectivity index is 0.00000200. The topological polar surface area (TPSA) is 68.9 Å². The van der Waals surface area contributed by atoms with Crippen LogP contribution in [0.2, 0.25) is 0 Å². The Morgan fingerprint density at radius 3 is 2.65 bits per heavy atom. The van der Waals surface area contributed by atoms with Gasteiger partial charge in [0, 0.05) is 32.9 Å². The summed E-state index contributed by atoms with van der Waals surface area (Å²) in [6.07, 6.45) is 7.40. The Morgan fingerprint density at radius 1 is 1.25 bits per heavy atom. The van der Waals surface area contributed by atoms with E-state index < -0.39 is 0 Å². The van der Waals surface area contributed by atoms with Crippen molar-refractivity contribution < 1.29 is 9.47 Å². The second kappa shape index (κ2) is 10.6. The van der Waals surface area contributed by atoms with Gasteiger partial charge in [-0.15, -0.1) is 24.0 Å². The number of halogens is 1. The maximum absolute atomic E-state index is 5.81. The molecule has 6 heteroatoms. The zero-order valence-electron chi connectivity index (χ0n) is 12.2. The lowest BCUT2D eigenvalue weighted by Gasteiger charge is -2.23. The molecule has 118 valence electrons. The maximum atomic E-state index is 5.81. The molecule has 1 saturated heterocycles. The first-order valence-electron chi connectivity index (χ1n) is 7.58. The van der Waals surface area contributed by atoms with Crippen molar-refractivity contribution in [3.05, 3.63) is 0 Å². The van der Waals surface area contributed by atoms with Crippen LogP contribution in [0.3, 0.4) is 0 Å². The van der Waals surface area contributed by atoms with Gasteiger partial charge in [-0.3, -0.25) is 4.99 Å². The minimum absolute atomic E-state index is 0. The Morgan fingerprint density at radius 2 is 2.00 bits per heavy atom. The molecule has 1 heterocycles. The van der Waals surface area contributed by atoms with Crippen LogP contribution in [-0.4, -0.2) is 45.0 Å². The Labute approximate surface area is 139 Å². The van der Waals surface area contributed by atoms with Gasteiger partial charge in [-0.05, 0) is 38.0 Å². The summed E-state index contributed by atoms with van der Waals surface area (Å²) in [7, 11) is 0. The summed E-state index contributed by atoms with van der Waals surface area (Å²) in [5, 5.41) is 3.15. The second-order valence-electron chi connectivity index (χ2n) is 5.49. The van der Waals surface area contributed by atoms with E-state index in [4.69, 9.17) is 15.2 Å². The third-order valence-corrected chi connectivity index (χ3v) is 3.89. The highest BCUT2D eigenvalue weighted by Crippen LogP contribution is 2.26. The van der Waals surface area contributed by atoms with E-state index in [0.29, 0.717) is 12.1 Å². The standard InChI is InChI=1S/C14H27N3O2.HI/c15-14(17-11-12-3-1-4-12)16-7-2-8-19-13-5-9-18-10-6-13;/h12-13H,1-11H2,(H3,15,16,17);1H. The van der Waals surface area contributed by atoms with Gasteiger partial charge >= 0.3 is 0 Å². The zero-order valence-corrected chi connectivity index (χ0v) is 14.5. The minimum atomic E-state index is 0. The van der Waals surface area contributed by atoms with E-state index in [1.807, 2.05) is 0 Å². The highest BCUT2D eigenvalue weighted by Gasteiger charge is 2.16. The van der Waals surface area contributed by atoms with Gasteiger partial charge in [-0.2, -0.15) is 0 Å². The molecule has 0 aromatic heterocycles. The summed E-state index contributed by atoms with van der Waals surface area (Å²) in [5.41, 5.74) is 5.81. The second-order valence-corrected chi connectivity index (χ2v) is 5.49. The summed E-state index contributed by atoms with van der Waals surface area (Å²) in [6.45, 7) is 4.18. The smallest absolute Gasteiger partial charge is 0.188 e. The summed E-state index contributed by atoms with van der Waals surface area (Å²) in [5.74, 6) is 1.36. The summed E-state index contributed by atoms with van der Waals surface area (Å²) >= 11 is 0. The molecule has 1 aliphatic heterocycles. The molecule has 2 rings (SSSR count). The fraction of sp³-hybridized carbons (Fsp3) is 0.929. The number of aliphatic imine (C=N–C) groups is 1. The zero-order chi connectivity index (χ0) is 13.3. The van der Waals surface area contributed by atoms with Crippen molar-refractivity contribution in [2.75, 3.05) is 32.9 Å². The molecule has 5 nitrogen and oxygen atoms in total. The Hall–Kier alpha value is -0.0800. The van der Waals surface area contributed by atoms with Gasteiger partial charge in [0.1, 0.15) is 0 Å². The summed E-state index contributed by atoms with van der Waals surface area (Å²) in [6, 6.07) is 0. The molecule has 0 aromatic carbocycles. The average molecular weight is 397 g/mol. The lowest BCUT2D eigenvalue weighted by Crippen LogP contribution is -2.34. The van der Waals surface area contributed by atoms with Crippen molar-refractivity contribution in [3.8, 4) is 0 Å². The van der Waals surface area contributed by atoms with Crippen LogP contribution in [0, 0.1) is 5.92 Å². The molecule has 0 atom stereocenters. The van der Waals surface area contributed by atoms with Crippen molar-refractivity contribution in [1.82, 2.24) is 5.32 Å². The first kappa shape index (κ1) is 18.0. The quantitative estimate of drug-likeness (QED) is 0.298. The molecule has 3 N–H and O–H groups in total. The number of ether oxygens (including phenoxy) is 2. The van der Waals surface area contributed by atoms with Crippen LogP contribution in [0.5, 0.6) is 0 Å². The van der Waals surface area contributed by atoms with E-state index in [-0.39, 0.29) is 24.0 Å². The summed E-state index contributed by atoms with van der Waals surface area (Å²) in [4.78, 5) is 4.36. The Bertz CT molecular complexity index is 280. The van der Waals surface area contributed by atoms with Gasteiger partial charge in [0.15, 0.2) is 5.96 Å². The van der Waals surface area contributed by atoms with E-state index in [1.54, 1.807) is 0 Å². The maximum Gasteiger partial charge on any atom is 0.188 e. The number of nitrogens with one attached hydrogen (secondary N) is 1. The van der Waals surface area contributed by atoms with Gasteiger partial charge < -0.3 is 20.5 Å². The predicted molar refractivity (Wildman–Crippen MR) is 91.7 cm³/mol. The van der Waals surface area contributed by atoms with Crippen LogP contribution in [0.4, 0.5) is 0 Å². The lowest BCUT2D eigenvalue weighted by molar-refractivity contribution is -0.0320. The molecular formula is C14H28IN3O2. The molecule has 2 fully saturated rings. The number of rotatable bonds is 7. The van der Waals surface area contributed by atoms with Crippen LogP contribution in [0.25, 0.3) is 0 Å². The predicted octanol–water partition coefficient (Wildman–Crippen LogP) is 1.89. The van der Waals surface area contributed by atoms with E-state index in [0.717, 1.165) is 58.1 Å². The third-order valence-electron chi connectivity index (χ3n) is 3.89. The SMILES string of the molecule is I.NC(=NCC1CCC1)NCCCOC1CCOCC1. The van der Waals surface area contributed by atoms with Gasteiger partial charge in [0.05, 0.1) is 6.10 Å². The van der Waals surface area contributed by atoms with Crippen LogP contribution in [0.15, 0.2) is 4.99 Å². The molecular weight excluding hydrogens is 369 g/mol.